The van der Waals surface area contributed by atoms with Crippen molar-refractivity contribution in [2.45, 2.75) is 6.92 Å². The minimum atomic E-state index is -0.637. The number of non-ortho nitro benzene ring substituents is 1. The number of benzene rings is 2. The van der Waals surface area contributed by atoms with Crippen LogP contribution in [0, 0.1) is 10.1 Å². The van der Waals surface area contributed by atoms with Crippen molar-refractivity contribution < 1.29 is 28.8 Å². The van der Waals surface area contributed by atoms with Crippen LogP contribution in [0.2, 0.25) is 0 Å². The lowest BCUT2D eigenvalue weighted by atomic mass is 10.2. The zero-order chi connectivity index (χ0) is 20.5. The fraction of sp³-hybridized carbons (Fsp3) is 0.167. The summed E-state index contributed by atoms with van der Waals surface area (Å²) in [6.45, 7) is 1.59. The van der Waals surface area contributed by atoms with E-state index in [9.17, 15) is 24.5 Å². The highest BCUT2D eigenvalue weighted by Crippen LogP contribution is 2.13. The lowest BCUT2D eigenvalue weighted by Crippen LogP contribution is -2.43. The molecule has 0 radical (unpaired) electrons. The van der Waals surface area contributed by atoms with Gasteiger partial charge in [-0.15, -0.1) is 0 Å². The van der Waals surface area contributed by atoms with E-state index >= 15 is 0 Å². The van der Waals surface area contributed by atoms with Gasteiger partial charge in [0, 0.05) is 17.7 Å². The van der Waals surface area contributed by atoms with Gasteiger partial charge in [0.1, 0.15) is 5.75 Å². The molecule has 0 saturated carbocycles. The molecule has 0 fully saturated rings. The van der Waals surface area contributed by atoms with Crippen LogP contribution in [0.1, 0.15) is 27.6 Å². The molecular formula is C18H17N3O7. The van der Waals surface area contributed by atoms with Gasteiger partial charge < -0.3 is 9.47 Å². The van der Waals surface area contributed by atoms with E-state index in [4.69, 9.17) is 9.47 Å². The number of nitro groups is 1. The predicted molar refractivity (Wildman–Crippen MR) is 96.6 cm³/mol. The summed E-state index contributed by atoms with van der Waals surface area (Å²) >= 11 is 0. The minimum Gasteiger partial charge on any atom is -0.484 e. The lowest BCUT2D eigenvalue weighted by molar-refractivity contribution is -0.384. The van der Waals surface area contributed by atoms with E-state index in [0.717, 1.165) is 0 Å². The zero-order valence-corrected chi connectivity index (χ0v) is 14.8. The van der Waals surface area contributed by atoms with Crippen molar-refractivity contribution in [1.82, 2.24) is 10.9 Å². The van der Waals surface area contributed by atoms with E-state index in [0.29, 0.717) is 11.3 Å². The summed E-state index contributed by atoms with van der Waals surface area (Å²) in [6.07, 6.45) is 0. The Balaban J connectivity index is 1.78. The van der Waals surface area contributed by atoms with Gasteiger partial charge in [-0.1, -0.05) is 0 Å². The summed E-state index contributed by atoms with van der Waals surface area (Å²) in [7, 11) is 0. The van der Waals surface area contributed by atoms with E-state index in [2.05, 4.69) is 10.9 Å². The first kappa shape index (κ1) is 20.4. The Morgan fingerprint density at radius 1 is 0.964 bits per heavy atom. The summed E-state index contributed by atoms with van der Waals surface area (Å²) in [5.41, 5.74) is 4.68. The van der Waals surface area contributed by atoms with Gasteiger partial charge >= 0.3 is 5.97 Å². The van der Waals surface area contributed by atoms with Crippen molar-refractivity contribution >= 4 is 23.5 Å². The van der Waals surface area contributed by atoms with Crippen LogP contribution in [0.4, 0.5) is 5.69 Å². The topological polar surface area (TPSA) is 137 Å². The van der Waals surface area contributed by atoms with Crippen molar-refractivity contribution in [1.29, 1.82) is 0 Å². The van der Waals surface area contributed by atoms with Gasteiger partial charge in [0.15, 0.2) is 6.61 Å². The number of rotatable bonds is 7. The maximum absolute atomic E-state index is 11.9. The van der Waals surface area contributed by atoms with Gasteiger partial charge in [-0.2, -0.15) is 0 Å². The number of ether oxygens (including phenoxy) is 2. The molecule has 146 valence electrons. The molecule has 28 heavy (non-hydrogen) atoms. The van der Waals surface area contributed by atoms with Crippen molar-refractivity contribution in [3.63, 3.8) is 0 Å². The molecule has 10 heteroatoms. The Kier molecular flexibility index (Phi) is 7.03. The molecule has 0 bridgehead atoms. The molecule has 0 aliphatic carbocycles. The Labute approximate surface area is 159 Å². The highest BCUT2D eigenvalue weighted by Gasteiger charge is 2.11. The number of hydrazine groups is 1. The number of carbonyl (C=O) groups is 3. The molecule has 0 spiro atoms. The Bertz CT molecular complexity index is 864. The Morgan fingerprint density at radius 2 is 1.57 bits per heavy atom. The van der Waals surface area contributed by atoms with Crippen molar-refractivity contribution in [2.24, 2.45) is 0 Å². The first-order chi connectivity index (χ1) is 13.4. The highest BCUT2D eigenvalue weighted by atomic mass is 16.6. The van der Waals surface area contributed by atoms with Crippen LogP contribution in [0.5, 0.6) is 5.75 Å². The number of nitrogens with zero attached hydrogens (tertiary/aromatic N) is 1. The third-order valence-corrected chi connectivity index (χ3v) is 3.39. The van der Waals surface area contributed by atoms with Crippen LogP contribution in [0.15, 0.2) is 48.5 Å². The van der Waals surface area contributed by atoms with Crippen molar-refractivity contribution in [3.8, 4) is 5.75 Å². The molecule has 0 aliphatic heterocycles. The Morgan fingerprint density at radius 3 is 2.14 bits per heavy atom. The SMILES string of the molecule is CCOC(=O)c1ccc(OCC(=O)NNC(=O)c2ccc([N+](=O)[O-])cc2)cc1. The smallest absolute Gasteiger partial charge is 0.338 e. The minimum absolute atomic E-state index is 0.140. The molecule has 2 aromatic carbocycles. The number of amides is 2. The van der Waals surface area contributed by atoms with E-state index in [-0.39, 0.29) is 24.5 Å². The second-order valence-corrected chi connectivity index (χ2v) is 5.34. The van der Waals surface area contributed by atoms with Gasteiger partial charge in [0.2, 0.25) is 0 Å². The molecular weight excluding hydrogens is 370 g/mol. The third kappa shape index (κ3) is 5.80. The lowest BCUT2D eigenvalue weighted by Gasteiger charge is -2.09. The van der Waals surface area contributed by atoms with Crippen LogP contribution >= 0.6 is 0 Å². The largest absolute Gasteiger partial charge is 0.484 e. The summed E-state index contributed by atoms with van der Waals surface area (Å²) in [5, 5.41) is 10.6. The van der Waals surface area contributed by atoms with E-state index in [1.807, 2.05) is 0 Å². The molecule has 0 aromatic heterocycles. The van der Waals surface area contributed by atoms with Gasteiger partial charge in [0.05, 0.1) is 17.1 Å². The van der Waals surface area contributed by atoms with Gasteiger partial charge in [-0.25, -0.2) is 4.79 Å². The molecule has 0 unspecified atom stereocenters. The predicted octanol–water partition coefficient (Wildman–Crippen LogP) is 1.61. The second-order valence-electron chi connectivity index (χ2n) is 5.34. The maximum Gasteiger partial charge on any atom is 0.338 e. The second kappa shape index (κ2) is 9.67. The average molecular weight is 387 g/mol. The van der Waals surface area contributed by atoms with Gasteiger partial charge in [0.25, 0.3) is 17.5 Å². The normalized spacial score (nSPS) is 9.89. The van der Waals surface area contributed by atoms with Crippen molar-refractivity contribution in [2.75, 3.05) is 13.2 Å². The maximum atomic E-state index is 11.9. The summed E-state index contributed by atoms with van der Waals surface area (Å²) < 4.78 is 10.1. The fourth-order valence-corrected chi connectivity index (χ4v) is 2.02. The molecule has 2 N–H and O–H groups in total. The number of carbonyl (C=O) groups excluding carboxylic acids is 3. The van der Waals surface area contributed by atoms with Crippen LogP contribution in [-0.2, 0) is 9.53 Å². The van der Waals surface area contributed by atoms with Gasteiger partial charge in [-0.3, -0.25) is 30.6 Å². The Hall–Kier alpha value is -3.95. The fourth-order valence-electron chi connectivity index (χ4n) is 2.02. The van der Waals surface area contributed by atoms with Crippen LogP contribution in [-0.4, -0.2) is 35.9 Å². The molecule has 0 aliphatic rings. The first-order valence-corrected chi connectivity index (χ1v) is 8.14. The first-order valence-electron chi connectivity index (χ1n) is 8.14. The quantitative estimate of drug-likeness (QED) is 0.418. The number of hydrogen-bond donors (Lipinski definition) is 2. The molecule has 0 heterocycles. The van der Waals surface area contributed by atoms with E-state index in [1.54, 1.807) is 6.92 Å². The summed E-state index contributed by atoms with van der Waals surface area (Å²) in [4.78, 5) is 45.2. The summed E-state index contributed by atoms with van der Waals surface area (Å²) in [5.74, 6) is -1.36. The van der Waals surface area contributed by atoms with E-state index < -0.39 is 22.7 Å². The van der Waals surface area contributed by atoms with E-state index in [1.165, 1.54) is 48.5 Å². The number of nitro benzene ring substituents is 1. The average Bonchev–Trinajstić information content (AvgIpc) is 2.71. The molecule has 2 rings (SSSR count). The molecule has 0 saturated heterocycles. The third-order valence-electron chi connectivity index (χ3n) is 3.39. The molecule has 0 atom stereocenters. The monoisotopic (exact) mass is 387 g/mol. The molecule has 10 nitrogen and oxygen atoms in total. The number of hydrogen-bond acceptors (Lipinski definition) is 7. The summed E-state index contributed by atoms with van der Waals surface area (Å²) in [6, 6.07) is 10.9. The number of esters is 1. The van der Waals surface area contributed by atoms with Crippen LogP contribution in [0.3, 0.4) is 0 Å². The standard InChI is InChI=1S/C18H17N3O7/c1-2-27-18(24)13-5-9-15(10-6-13)28-11-16(22)19-20-17(23)12-3-7-14(8-4-12)21(25)26/h3-10H,2,11H2,1H3,(H,19,22)(H,20,23). The zero-order valence-electron chi connectivity index (χ0n) is 14.8. The van der Waals surface area contributed by atoms with Gasteiger partial charge in [-0.05, 0) is 43.3 Å². The highest BCUT2D eigenvalue weighted by molar-refractivity contribution is 5.95. The van der Waals surface area contributed by atoms with Crippen molar-refractivity contribution in [3.05, 3.63) is 69.8 Å². The molecule has 2 aromatic rings. The van der Waals surface area contributed by atoms with Crippen LogP contribution in [0.25, 0.3) is 0 Å². The van der Waals surface area contributed by atoms with Crippen LogP contribution < -0.4 is 15.6 Å². The number of nitrogens with one attached hydrogen (secondary N) is 2. The molecule has 2 amide bonds.